The monoisotopic (exact) mass is 833 g/mol. The third-order valence-electron chi connectivity index (χ3n) is 0. The summed E-state index contributed by atoms with van der Waals surface area (Å²) in [5.41, 5.74) is 0. The Bertz CT molecular complexity index is 0. The number of hydrogen-bond donors (Lipinski definition) is 0. The first-order chi connectivity index (χ1) is 0. The molecule has 0 spiro atoms. The minimum atomic E-state index is 0. The molecule has 0 aliphatic carbocycles. The van der Waals surface area contributed by atoms with Gasteiger partial charge in [-0.2, -0.15) is 0 Å². The smallest absolute Gasteiger partial charge is 0 e. The van der Waals surface area contributed by atoms with E-state index in [0.29, 0.717) is 0 Å². The Morgan fingerprint density at radius 3 is 0.167 bits per heavy atom. The molecule has 0 saturated heterocycles. The minimum Gasteiger partial charge on any atom is 0 e. The fraction of sp³-hybridized carbons (Fsp3) is 0. The van der Waals surface area contributed by atoms with Crippen LogP contribution in [0.15, 0.2) is 0 Å². The summed E-state index contributed by atoms with van der Waals surface area (Å²) in [5.74, 6) is 0. The first-order valence-corrected chi connectivity index (χ1v) is 0. The van der Waals surface area contributed by atoms with E-state index in [-0.39, 0.29) is 214 Å². The fourth-order valence-electron chi connectivity index (χ4n) is 0. The van der Waals surface area contributed by atoms with E-state index in [0.717, 1.165) is 0 Å². The minimum absolute atomic E-state index is 0. The molecule has 0 nitrogen and oxygen atoms in total. The Kier molecular flexibility index (Phi) is 187. The first kappa shape index (κ1) is 37.9. The molecule has 0 aromatic carbocycles. The zero-order valence-electron chi connectivity index (χ0n) is 3.46. The molecule has 18 valence electrons. The summed E-state index contributed by atoms with van der Waals surface area (Å²) in [6.45, 7) is 0. The van der Waals surface area contributed by atoms with E-state index >= 15 is 0 Å². The Balaban J connectivity index is 0. The summed E-state index contributed by atoms with van der Waals surface area (Å²) in [7, 11) is 0. The van der Waals surface area contributed by atoms with Crippen LogP contribution in [0.2, 0.25) is 0 Å². The zero-order valence-corrected chi connectivity index (χ0v) is 25.2. The van der Waals surface area contributed by atoms with Crippen molar-refractivity contribution in [2.24, 2.45) is 0 Å². The first-order valence-electron chi connectivity index (χ1n) is 0. The van der Waals surface area contributed by atoms with E-state index in [4.69, 9.17) is 0 Å². The van der Waals surface area contributed by atoms with Gasteiger partial charge in [-0.25, -0.2) is 0 Å². The molecule has 0 amide bonds. The van der Waals surface area contributed by atoms with Gasteiger partial charge in [-0.1, -0.05) is 0 Å². The molecule has 6 radical (unpaired) electrons. The van der Waals surface area contributed by atoms with E-state index in [1.807, 2.05) is 0 Å². The molecular weight excluding hydrogens is 833 g/mol. The Hall–Kier alpha value is 7.17. The van der Waals surface area contributed by atoms with Crippen molar-refractivity contribution >= 4 is 0 Å². The molecule has 0 bridgehead atoms. The van der Waals surface area contributed by atoms with Crippen molar-refractivity contribution in [3.8, 4) is 0 Å². The van der Waals surface area contributed by atoms with E-state index < -0.39 is 0 Å². The molecule has 0 heterocycles. The quantitative estimate of drug-likeness (QED) is 0.323. The van der Waals surface area contributed by atoms with Crippen LogP contribution in [0.4, 0.5) is 0 Å². The molecule has 0 aromatic rings. The van der Waals surface area contributed by atoms with Crippen molar-refractivity contribution in [1.29, 1.82) is 0 Å². The number of rotatable bonds is 0. The van der Waals surface area contributed by atoms with Gasteiger partial charge >= 0.3 is 0 Å². The second-order valence-electron chi connectivity index (χ2n) is 0. The van der Waals surface area contributed by atoms with Crippen LogP contribution in [0.5, 0.6) is 0 Å². The molecule has 0 rings (SSSR count). The topological polar surface area (TPSA) is 0 Å². The van der Waals surface area contributed by atoms with Crippen LogP contribution < -0.4 is 0 Å². The van der Waals surface area contributed by atoms with Crippen molar-refractivity contribution < 1.29 is 214 Å². The van der Waals surface area contributed by atoms with Gasteiger partial charge in [0.2, 0.25) is 0 Å². The molecule has 0 aliphatic heterocycles. The predicted octanol–water partition coefficient (Wildman–Crippen LogP) is 0. The molecule has 0 N–H and O–H groups in total. The van der Waals surface area contributed by atoms with Gasteiger partial charge < -0.3 is 0 Å². The standard InChI is InChI=1S/6La. The van der Waals surface area contributed by atoms with Crippen molar-refractivity contribution in [2.45, 2.75) is 0 Å². The van der Waals surface area contributed by atoms with Gasteiger partial charge in [0.15, 0.2) is 0 Å². The summed E-state index contributed by atoms with van der Waals surface area (Å²) in [6.07, 6.45) is 0. The summed E-state index contributed by atoms with van der Waals surface area (Å²) >= 11 is 0. The largest absolute Gasteiger partial charge is 0 e. The average Bonchev–Trinajstić information content (AvgIpc) is 0. The normalized spacial score (nSPS) is 0. The Labute approximate surface area is 206 Å². The Morgan fingerprint density at radius 2 is 0.167 bits per heavy atom. The van der Waals surface area contributed by atoms with Crippen LogP contribution in [0.3, 0.4) is 0 Å². The second-order valence-corrected chi connectivity index (χ2v) is 0. The van der Waals surface area contributed by atoms with Gasteiger partial charge in [0.1, 0.15) is 0 Å². The third-order valence-corrected chi connectivity index (χ3v) is 0. The number of hydrogen-bond acceptors (Lipinski definition) is 0. The maximum Gasteiger partial charge on any atom is 0 e. The van der Waals surface area contributed by atoms with Crippen molar-refractivity contribution in [3.05, 3.63) is 0 Å². The van der Waals surface area contributed by atoms with Gasteiger partial charge in [0.25, 0.3) is 0 Å². The molecule has 6 heavy (non-hydrogen) atoms. The molecule has 0 saturated carbocycles. The van der Waals surface area contributed by atoms with E-state index in [9.17, 15) is 0 Å². The van der Waals surface area contributed by atoms with E-state index in [1.165, 1.54) is 0 Å². The van der Waals surface area contributed by atoms with Crippen LogP contribution >= 0.6 is 0 Å². The SMILES string of the molecule is [La].[La].[La].[La].[La].[La]. The van der Waals surface area contributed by atoms with Gasteiger partial charge in [-0.05, 0) is 0 Å². The molecule has 0 fully saturated rings. The van der Waals surface area contributed by atoms with Gasteiger partial charge in [0, 0.05) is 214 Å². The van der Waals surface area contributed by atoms with E-state index in [1.54, 1.807) is 0 Å². The van der Waals surface area contributed by atoms with Crippen molar-refractivity contribution in [1.82, 2.24) is 0 Å². The molecule has 0 unspecified atom stereocenters. The van der Waals surface area contributed by atoms with Crippen LogP contribution in [0, 0.1) is 214 Å². The average molecular weight is 833 g/mol. The molecule has 6 heteroatoms. The second kappa shape index (κ2) is 29.5. The molecule has 0 aliphatic rings. The van der Waals surface area contributed by atoms with Crippen LogP contribution in [-0.4, -0.2) is 0 Å². The van der Waals surface area contributed by atoms with Gasteiger partial charge in [0.05, 0.1) is 0 Å². The summed E-state index contributed by atoms with van der Waals surface area (Å²) in [4.78, 5) is 0. The van der Waals surface area contributed by atoms with E-state index in [2.05, 4.69) is 0 Å². The van der Waals surface area contributed by atoms with Crippen LogP contribution in [0.25, 0.3) is 0 Å². The van der Waals surface area contributed by atoms with Crippen molar-refractivity contribution in [2.75, 3.05) is 0 Å². The molecular formula is La6. The predicted molar refractivity (Wildman–Crippen MR) is 0 cm³/mol. The summed E-state index contributed by atoms with van der Waals surface area (Å²) < 4.78 is 0. The fourth-order valence-corrected chi connectivity index (χ4v) is 0. The van der Waals surface area contributed by atoms with Gasteiger partial charge in [-0.15, -0.1) is 0 Å². The molecule has 0 aromatic heterocycles. The zero-order chi connectivity index (χ0) is 0. The Morgan fingerprint density at radius 1 is 0.167 bits per heavy atom. The molecule has 0 atom stereocenters. The maximum absolute atomic E-state index is 0. The van der Waals surface area contributed by atoms with Gasteiger partial charge in [-0.3, -0.25) is 0 Å². The van der Waals surface area contributed by atoms with Crippen LogP contribution in [0.1, 0.15) is 0 Å². The summed E-state index contributed by atoms with van der Waals surface area (Å²) in [6, 6.07) is 0. The third kappa shape index (κ3) is 22.5. The van der Waals surface area contributed by atoms with Crippen LogP contribution in [-0.2, 0) is 0 Å². The summed E-state index contributed by atoms with van der Waals surface area (Å²) in [5, 5.41) is 0. The van der Waals surface area contributed by atoms with Crippen molar-refractivity contribution in [3.63, 3.8) is 0 Å². The maximum atomic E-state index is 0.